The minimum Gasteiger partial charge on any atom is -0.482 e. The zero-order valence-electron chi connectivity index (χ0n) is 18.4. The van der Waals surface area contributed by atoms with Gasteiger partial charge in [0.25, 0.3) is 5.91 Å². The van der Waals surface area contributed by atoms with Crippen molar-refractivity contribution >= 4 is 33.1 Å². The Labute approximate surface area is 191 Å². The first-order valence-electron chi connectivity index (χ1n) is 10.6. The lowest BCUT2D eigenvalue weighted by molar-refractivity contribution is 0.102. The van der Waals surface area contributed by atoms with Gasteiger partial charge in [-0.1, -0.05) is 6.07 Å². The monoisotopic (exact) mass is 486 g/mol. The zero-order valence-corrected chi connectivity index (χ0v) is 20.0. The van der Waals surface area contributed by atoms with Crippen LogP contribution in [0.15, 0.2) is 40.9 Å². The third kappa shape index (κ3) is 4.70. The number of likely N-dealkylation sites (tertiary alicyclic amines) is 1. The van der Waals surface area contributed by atoms with Crippen LogP contribution >= 0.6 is 15.9 Å². The molecular formula is C25H28BrFN2O2. The van der Waals surface area contributed by atoms with Gasteiger partial charge in [0.1, 0.15) is 17.2 Å². The minimum atomic E-state index is -0.419. The summed E-state index contributed by atoms with van der Waals surface area (Å²) in [5.74, 6) is 0.584. The number of rotatable bonds is 3. The predicted molar refractivity (Wildman–Crippen MR) is 126 cm³/mol. The molecule has 1 N–H and O–H groups in total. The topological polar surface area (TPSA) is 41.6 Å². The molecule has 0 spiro atoms. The Morgan fingerprint density at radius 2 is 1.94 bits per heavy atom. The number of hydrogen-bond donors (Lipinski definition) is 1. The van der Waals surface area contributed by atoms with Gasteiger partial charge in [0.2, 0.25) is 0 Å². The number of allylic oxidation sites excluding steroid dienone is 1. The summed E-state index contributed by atoms with van der Waals surface area (Å²) in [6.07, 6.45) is 4.36. The lowest BCUT2D eigenvalue weighted by Gasteiger charge is -2.37. The summed E-state index contributed by atoms with van der Waals surface area (Å²) in [5, 5.41) is 2.81. The fourth-order valence-corrected chi connectivity index (χ4v) is 4.86. The van der Waals surface area contributed by atoms with E-state index < -0.39 is 5.60 Å². The third-order valence-electron chi connectivity index (χ3n) is 6.07. The number of carbonyl (C=O) groups is 1. The quantitative estimate of drug-likeness (QED) is 0.574. The highest BCUT2D eigenvalue weighted by Crippen LogP contribution is 2.46. The van der Waals surface area contributed by atoms with Crippen LogP contribution in [0.2, 0.25) is 0 Å². The standard InChI is InChI=1S/C25H28BrFN2O2/c1-15-5-6-18(13-22(15)27)28-24(30)17-11-19-20(16-7-9-29(4)10-8-16)14-25(2,3)31-23(19)21(26)12-17/h5-6,11-14,16H,7-10H2,1-4H3,(H,28,30). The smallest absolute Gasteiger partial charge is 0.255 e. The Balaban J connectivity index is 1.68. The fourth-order valence-electron chi connectivity index (χ4n) is 4.32. The van der Waals surface area contributed by atoms with E-state index in [1.165, 1.54) is 11.6 Å². The summed E-state index contributed by atoms with van der Waals surface area (Å²) in [4.78, 5) is 15.3. The molecule has 6 heteroatoms. The lowest BCUT2D eigenvalue weighted by atomic mass is 9.81. The van der Waals surface area contributed by atoms with Gasteiger partial charge in [-0.05, 0) is 117 Å². The van der Waals surface area contributed by atoms with E-state index in [9.17, 15) is 9.18 Å². The zero-order chi connectivity index (χ0) is 22.3. The summed E-state index contributed by atoms with van der Waals surface area (Å²) in [5.41, 5.74) is 3.28. The van der Waals surface area contributed by atoms with Gasteiger partial charge < -0.3 is 15.0 Å². The molecule has 0 atom stereocenters. The first-order chi connectivity index (χ1) is 14.6. The van der Waals surface area contributed by atoms with E-state index in [0.29, 0.717) is 22.7 Å². The highest BCUT2D eigenvalue weighted by molar-refractivity contribution is 9.10. The highest BCUT2D eigenvalue weighted by Gasteiger charge is 2.33. The summed E-state index contributed by atoms with van der Waals surface area (Å²) < 4.78 is 20.9. The highest BCUT2D eigenvalue weighted by atomic mass is 79.9. The Morgan fingerprint density at radius 1 is 1.23 bits per heavy atom. The molecule has 0 unspecified atom stereocenters. The number of carbonyl (C=O) groups excluding carboxylic acids is 1. The molecule has 0 aromatic heterocycles. The van der Waals surface area contributed by atoms with Gasteiger partial charge in [0.05, 0.1) is 4.47 Å². The minimum absolute atomic E-state index is 0.278. The molecular weight excluding hydrogens is 459 g/mol. The first kappa shape index (κ1) is 22.0. The lowest BCUT2D eigenvalue weighted by Crippen LogP contribution is -2.34. The van der Waals surface area contributed by atoms with Crippen molar-refractivity contribution in [1.29, 1.82) is 0 Å². The van der Waals surface area contributed by atoms with E-state index in [0.717, 1.165) is 41.7 Å². The molecule has 0 bridgehead atoms. The summed E-state index contributed by atoms with van der Waals surface area (Å²) in [6.45, 7) is 7.92. The van der Waals surface area contributed by atoms with Gasteiger partial charge in [-0.3, -0.25) is 4.79 Å². The van der Waals surface area contributed by atoms with Gasteiger partial charge in [-0.15, -0.1) is 0 Å². The number of ether oxygens (including phenoxy) is 1. The number of fused-ring (bicyclic) bond motifs is 1. The molecule has 4 rings (SSSR count). The number of piperidine rings is 1. The second-order valence-corrected chi connectivity index (χ2v) is 9.99. The number of nitrogens with one attached hydrogen (secondary N) is 1. The van der Waals surface area contributed by atoms with Crippen LogP contribution in [0.25, 0.3) is 5.57 Å². The van der Waals surface area contributed by atoms with Crippen molar-refractivity contribution in [3.05, 3.63) is 63.4 Å². The number of hydrogen-bond acceptors (Lipinski definition) is 3. The van der Waals surface area contributed by atoms with Crippen molar-refractivity contribution in [3.63, 3.8) is 0 Å². The van der Waals surface area contributed by atoms with Crippen LogP contribution in [0.1, 0.15) is 48.2 Å². The number of halogens is 2. The molecule has 0 radical (unpaired) electrons. The maximum atomic E-state index is 13.9. The van der Waals surface area contributed by atoms with Crippen LogP contribution < -0.4 is 10.1 Å². The molecule has 164 valence electrons. The average molecular weight is 487 g/mol. The molecule has 4 nitrogen and oxygen atoms in total. The van der Waals surface area contributed by atoms with E-state index in [-0.39, 0.29) is 11.7 Å². The van der Waals surface area contributed by atoms with Gasteiger partial charge in [0.15, 0.2) is 0 Å². The van der Waals surface area contributed by atoms with Crippen LogP contribution in [-0.2, 0) is 0 Å². The Kier molecular flexibility index (Phi) is 5.97. The van der Waals surface area contributed by atoms with Crippen LogP contribution in [0.4, 0.5) is 10.1 Å². The molecule has 31 heavy (non-hydrogen) atoms. The van der Waals surface area contributed by atoms with Crippen LogP contribution in [0.3, 0.4) is 0 Å². The van der Waals surface area contributed by atoms with Crippen molar-refractivity contribution in [3.8, 4) is 5.75 Å². The molecule has 1 amide bonds. The average Bonchev–Trinajstić information content (AvgIpc) is 2.71. The molecule has 2 aliphatic heterocycles. The molecule has 1 saturated heterocycles. The number of benzene rings is 2. The van der Waals surface area contributed by atoms with Crippen LogP contribution in [0, 0.1) is 18.7 Å². The van der Waals surface area contributed by atoms with E-state index in [4.69, 9.17) is 4.74 Å². The number of nitrogens with zero attached hydrogens (tertiary/aromatic N) is 1. The molecule has 2 aromatic rings. The Bertz CT molecular complexity index is 1060. The second-order valence-electron chi connectivity index (χ2n) is 9.14. The van der Waals surface area contributed by atoms with Gasteiger partial charge >= 0.3 is 0 Å². The maximum absolute atomic E-state index is 13.9. The van der Waals surface area contributed by atoms with Crippen molar-refractivity contribution in [2.45, 2.75) is 39.2 Å². The predicted octanol–water partition coefficient (Wildman–Crippen LogP) is 6.05. The van der Waals surface area contributed by atoms with Crippen molar-refractivity contribution in [2.75, 3.05) is 25.5 Å². The normalized spacial score (nSPS) is 18.7. The van der Waals surface area contributed by atoms with Gasteiger partial charge in [-0.25, -0.2) is 4.39 Å². The number of aryl methyl sites for hydroxylation is 1. The van der Waals surface area contributed by atoms with E-state index in [1.807, 2.05) is 6.07 Å². The van der Waals surface area contributed by atoms with Crippen molar-refractivity contribution in [1.82, 2.24) is 4.90 Å². The molecule has 0 aliphatic carbocycles. The molecule has 0 saturated carbocycles. The summed E-state index contributed by atoms with van der Waals surface area (Å²) >= 11 is 3.62. The molecule has 2 aliphatic rings. The first-order valence-corrected chi connectivity index (χ1v) is 11.4. The van der Waals surface area contributed by atoms with E-state index in [2.05, 4.69) is 53.1 Å². The van der Waals surface area contributed by atoms with Gasteiger partial charge in [-0.2, -0.15) is 0 Å². The van der Waals surface area contributed by atoms with Crippen molar-refractivity contribution in [2.24, 2.45) is 5.92 Å². The Morgan fingerprint density at radius 3 is 2.61 bits per heavy atom. The second kappa shape index (κ2) is 8.40. The SMILES string of the molecule is Cc1ccc(NC(=O)c2cc(Br)c3c(c2)C(C2CCN(C)CC2)=CC(C)(C)O3)cc1F. The largest absolute Gasteiger partial charge is 0.482 e. The molecule has 2 heterocycles. The third-order valence-corrected chi connectivity index (χ3v) is 6.66. The Hall–Kier alpha value is -2.18. The van der Waals surface area contributed by atoms with E-state index in [1.54, 1.807) is 25.1 Å². The van der Waals surface area contributed by atoms with Crippen LogP contribution in [-0.4, -0.2) is 36.5 Å². The number of amides is 1. The summed E-state index contributed by atoms with van der Waals surface area (Å²) in [7, 11) is 2.15. The molecule has 1 fully saturated rings. The van der Waals surface area contributed by atoms with Gasteiger partial charge in [0, 0.05) is 16.8 Å². The van der Waals surface area contributed by atoms with Crippen LogP contribution in [0.5, 0.6) is 5.75 Å². The fraction of sp³-hybridized carbons (Fsp3) is 0.400. The van der Waals surface area contributed by atoms with Crippen molar-refractivity contribution < 1.29 is 13.9 Å². The summed E-state index contributed by atoms with van der Waals surface area (Å²) in [6, 6.07) is 8.38. The maximum Gasteiger partial charge on any atom is 0.255 e. The van der Waals surface area contributed by atoms with E-state index >= 15 is 0 Å². The number of anilines is 1. The molecule has 2 aromatic carbocycles.